The number of aryl methyl sites for hydroxylation is 2. The third kappa shape index (κ3) is 2.52. The summed E-state index contributed by atoms with van der Waals surface area (Å²) in [6, 6.07) is 0.668. The number of hydrogen-bond acceptors (Lipinski definition) is 2. The van der Waals surface area contributed by atoms with Crippen LogP contribution in [0.5, 0.6) is 0 Å². The first-order chi connectivity index (χ1) is 9.15. The van der Waals surface area contributed by atoms with Gasteiger partial charge in [-0.05, 0) is 44.9 Å². The van der Waals surface area contributed by atoms with Gasteiger partial charge in [0.1, 0.15) is 0 Å². The average Bonchev–Trinajstić information content (AvgIpc) is 2.65. The van der Waals surface area contributed by atoms with E-state index in [2.05, 4.69) is 24.3 Å². The van der Waals surface area contributed by atoms with Crippen molar-refractivity contribution in [3.63, 3.8) is 0 Å². The van der Waals surface area contributed by atoms with Crippen LogP contribution in [0, 0.1) is 25.7 Å². The summed E-state index contributed by atoms with van der Waals surface area (Å²) in [4.78, 5) is 0. The highest BCUT2D eigenvalue weighted by atomic mass is 15.3. The third-order valence-electron chi connectivity index (χ3n) is 5.40. The second-order valence-corrected chi connectivity index (χ2v) is 6.63. The fraction of sp³-hybridized carbons (Fsp3) is 0.812. The third-order valence-corrected chi connectivity index (χ3v) is 5.40. The van der Waals surface area contributed by atoms with Crippen molar-refractivity contribution in [3.05, 3.63) is 11.4 Å². The van der Waals surface area contributed by atoms with E-state index in [0.717, 1.165) is 17.5 Å². The SMILES string of the molecule is Cc1nn(C)c(C)c1NC1CCC2CCCCC2C1. The van der Waals surface area contributed by atoms with Crippen LogP contribution in [0.15, 0.2) is 0 Å². The van der Waals surface area contributed by atoms with Crippen LogP contribution in [0.3, 0.4) is 0 Å². The van der Waals surface area contributed by atoms with E-state index < -0.39 is 0 Å². The Morgan fingerprint density at radius 1 is 1.05 bits per heavy atom. The summed E-state index contributed by atoms with van der Waals surface area (Å²) in [6.07, 6.45) is 10.0. The molecule has 19 heavy (non-hydrogen) atoms. The molecule has 0 aromatic carbocycles. The lowest BCUT2D eigenvalue weighted by Gasteiger charge is -2.39. The van der Waals surface area contributed by atoms with E-state index in [1.165, 1.54) is 56.3 Å². The van der Waals surface area contributed by atoms with Crippen LogP contribution in [-0.4, -0.2) is 15.8 Å². The molecule has 2 saturated carbocycles. The van der Waals surface area contributed by atoms with Gasteiger partial charge in [0.05, 0.1) is 17.1 Å². The van der Waals surface area contributed by atoms with E-state index >= 15 is 0 Å². The molecule has 0 spiro atoms. The molecule has 0 bridgehead atoms. The topological polar surface area (TPSA) is 29.9 Å². The lowest BCUT2D eigenvalue weighted by molar-refractivity contribution is 0.162. The van der Waals surface area contributed by atoms with E-state index in [0.29, 0.717) is 6.04 Å². The van der Waals surface area contributed by atoms with Crippen LogP contribution in [0.2, 0.25) is 0 Å². The molecule has 0 amide bonds. The molecule has 0 aliphatic heterocycles. The van der Waals surface area contributed by atoms with Gasteiger partial charge >= 0.3 is 0 Å². The molecule has 1 heterocycles. The lowest BCUT2D eigenvalue weighted by atomic mass is 9.69. The quantitative estimate of drug-likeness (QED) is 0.877. The highest BCUT2D eigenvalue weighted by Crippen LogP contribution is 2.41. The summed E-state index contributed by atoms with van der Waals surface area (Å²) in [7, 11) is 2.03. The lowest BCUT2D eigenvalue weighted by Crippen LogP contribution is -2.34. The Labute approximate surface area is 116 Å². The van der Waals surface area contributed by atoms with E-state index in [1.54, 1.807) is 0 Å². The van der Waals surface area contributed by atoms with Gasteiger partial charge in [-0.3, -0.25) is 4.68 Å². The Morgan fingerprint density at radius 2 is 1.79 bits per heavy atom. The van der Waals surface area contributed by atoms with Gasteiger partial charge in [-0.15, -0.1) is 0 Å². The molecule has 2 aliphatic carbocycles. The van der Waals surface area contributed by atoms with Gasteiger partial charge in [0.25, 0.3) is 0 Å². The molecule has 0 radical (unpaired) electrons. The van der Waals surface area contributed by atoms with Gasteiger partial charge in [-0.25, -0.2) is 0 Å². The summed E-state index contributed by atoms with van der Waals surface area (Å²) in [5.74, 6) is 2.01. The van der Waals surface area contributed by atoms with Gasteiger partial charge in [0.2, 0.25) is 0 Å². The van der Waals surface area contributed by atoms with Crippen LogP contribution in [0.4, 0.5) is 5.69 Å². The Bertz CT molecular complexity index is 449. The van der Waals surface area contributed by atoms with E-state index in [4.69, 9.17) is 0 Å². The highest BCUT2D eigenvalue weighted by molar-refractivity contribution is 5.52. The number of hydrogen-bond donors (Lipinski definition) is 1. The van der Waals surface area contributed by atoms with Gasteiger partial charge in [0, 0.05) is 13.1 Å². The van der Waals surface area contributed by atoms with Crippen molar-refractivity contribution in [2.45, 2.75) is 64.8 Å². The molecule has 3 atom stereocenters. The van der Waals surface area contributed by atoms with Crippen LogP contribution in [0.1, 0.15) is 56.3 Å². The molecule has 1 aromatic rings. The van der Waals surface area contributed by atoms with E-state index in [-0.39, 0.29) is 0 Å². The summed E-state index contributed by atoms with van der Waals surface area (Å²) < 4.78 is 1.99. The maximum absolute atomic E-state index is 4.51. The number of rotatable bonds is 2. The first-order valence-electron chi connectivity index (χ1n) is 7.92. The molecule has 3 nitrogen and oxygen atoms in total. The summed E-state index contributed by atoms with van der Waals surface area (Å²) >= 11 is 0. The number of fused-ring (bicyclic) bond motifs is 1. The van der Waals surface area contributed by atoms with Gasteiger partial charge in [-0.2, -0.15) is 5.10 Å². The van der Waals surface area contributed by atoms with Crippen molar-refractivity contribution < 1.29 is 0 Å². The van der Waals surface area contributed by atoms with Crippen LogP contribution < -0.4 is 5.32 Å². The molecule has 1 N–H and O–H groups in total. The van der Waals surface area contributed by atoms with Crippen molar-refractivity contribution in [1.82, 2.24) is 9.78 Å². The van der Waals surface area contributed by atoms with Crippen molar-refractivity contribution >= 4 is 5.69 Å². The van der Waals surface area contributed by atoms with Crippen molar-refractivity contribution in [1.29, 1.82) is 0 Å². The minimum Gasteiger partial charge on any atom is -0.379 e. The molecular formula is C16H27N3. The standard InChI is InChI=1S/C16H27N3/c1-11-16(12(2)19(3)18-11)17-15-9-8-13-6-4-5-7-14(13)10-15/h13-15,17H,4-10H2,1-3H3. The molecule has 106 valence electrons. The summed E-state index contributed by atoms with van der Waals surface area (Å²) in [6.45, 7) is 4.27. The second kappa shape index (κ2) is 5.18. The summed E-state index contributed by atoms with van der Waals surface area (Å²) in [5.41, 5.74) is 3.69. The molecule has 2 aliphatic rings. The zero-order chi connectivity index (χ0) is 13.4. The van der Waals surface area contributed by atoms with Crippen LogP contribution in [0.25, 0.3) is 0 Å². The average molecular weight is 261 g/mol. The molecule has 3 unspecified atom stereocenters. The Kier molecular flexibility index (Phi) is 3.55. The Hall–Kier alpha value is -0.990. The second-order valence-electron chi connectivity index (χ2n) is 6.63. The first-order valence-corrected chi connectivity index (χ1v) is 7.92. The number of aromatic nitrogens is 2. The predicted molar refractivity (Wildman–Crippen MR) is 79.4 cm³/mol. The number of nitrogens with zero attached hydrogens (tertiary/aromatic N) is 2. The predicted octanol–water partition coefficient (Wildman–Crippen LogP) is 3.81. The monoisotopic (exact) mass is 261 g/mol. The van der Waals surface area contributed by atoms with Gasteiger partial charge in [-0.1, -0.05) is 25.7 Å². The van der Waals surface area contributed by atoms with Crippen LogP contribution >= 0.6 is 0 Å². The maximum atomic E-state index is 4.51. The van der Waals surface area contributed by atoms with Crippen LogP contribution in [-0.2, 0) is 7.05 Å². The highest BCUT2D eigenvalue weighted by Gasteiger charge is 2.32. The smallest absolute Gasteiger partial charge is 0.0827 e. The molecule has 3 heteroatoms. The summed E-state index contributed by atoms with van der Waals surface area (Å²) in [5, 5.41) is 8.30. The van der Waals surface area contributed by atoms with Gasteiger partial charge in [0.15, 0.2) is 0 Å². The van der Waals surface area contributed by atoms with E-state index in [1.807, 2.05) is 11.7 Å². The molecular weight excluding hydrogens is 234 g/mol. The minimum atomic E-state index is 0.668. The number of nitrogens with one attached hydrogen (secondary N) is 1. The van der Waals surface area contributed by atoms with Crippen molar-refractivity contribution in [3.8, 4) is 0 Å². The normalized spacial score (nSPS) is 31.0. The fourth-order valence-electron chi connectivity index (χ4n) is 4.19. The number of anilines is 1. The first kappa shape index (κ1) is 13.0. The molecule has 0 saturated heterocycles. The van der Waals surface area contributed by atoms with Crippen molar-refractivity contribution in [2.75, 3.05) is 5.32 Å². The fourth-order valence-corrected chi connectivity index (χ4v) is 4.19. The zero-order valence-corrected chi connectivity index (χ0v) is 12.6. The molecule has 3 rings (SSSR count). The van der Waals surface area contributed by atoms with E-state index in [9.17, 15) is 0 Å². The largest absolute Gasteiger partial charge is 0.379 e. The minimum absolute atomic E-state index is 0.668. The molecule has 2 fully saturated rings. The van der Waals surface area contributed by atoms with Gasteiger partial charge < -0.3 is 5.32 Å². The maximum Gasteiger partial charge on any atom is 0.0827 e. The Balaban J connectivity index is 1.67. The van der Waals surface area contributed by atoms with Crippen molar-refractivity contribution in [2.24, 2.45) is 18.9 Å². The zero-order valence-electron chi connectivity index (χ0n) is 12.6. The molecule has 1 aromatic heterocycles. The Morgan fingerprint density at radius 3 is 2.47 bits per heavy atom.